The first-order valence-electron chi connectivity index (χ1n) is 7.15. The van der Waals surface area contributed by atoms with E-state index in [1.54, 1.807) is 0 Å². The molecule has 0 aliphatic carbocycles. The predicted octanol–water partition coefficient (Wildman–Crippen LogP) is 3.07. The molecule has 2 heterocycles. The third-order valence-corrected chi connectivity index (χ3v) is 5.04. The number of nitrogens with one attached hydrogen (secondary N) is 1. The molecule has 2 aliphatic heterocycles. The summed E-state index contributed by atoms with van der Waals surface area (Å²) in [5.74, 6) is 3.39. The van der Waals surface area contributed by atoms with Crippen molar-refractivity contribution < 1.29 is 4.74 Å². The molecule has 2 nitrogen and oxygen atoms in total. The van der Waals surface area contributed by atoms with E-state index in [2.05, 4.69) is 30.9 Å². The molecule has 2 saturated heterocycles. The highest BCUT2D eigenvalue weighted by molar-refractivity contribution is 7.99. The van der Waals surface area contributed by atoms with E-state index in [1.807, 2.05) is 0 Å². The number of rotatable bonds is 4. The minimum Gasteiger partial charge on any atom is -0.375 e. The summed E-state index contributed by atoms with van der Waals surface area (Å²) in [6, 6.07) is 0.700. The van der Waals surface area contributed by atoms with Gasteiger partial charge in [-0.2, -0.15) is 11.8 Å². The maximum absolute atomic E-state index is 6.11. The van der Waals surface area contributed by atoms with E-state index in [9.17, 15) is 0 Å². The number of ether oxygens (including phenoxy) is 1. The van der Waals surface area contributed by atoms with Gasteiger partial charge < -0.3 is 10.1 Å². The van der Waals surface area contributed by atoms with Crippen molar-refractivity contribution in [1.82, 2.24) is 5.32 Å². The second-order valence-electron chi connectivity index (χ2n) is 5.97. The van der Waals surface area contributed by atoms with Gasteiger partial charge >= 0.3 is 0 Å². The fourth-order valence-corrected chi connectivity index (χ4v) is 4.11. The fraction of sp³-hybridized carbons (Fsp3) is 1.00. The summed E-state index contributed by atoms with van der Waals surface area (Å²) >= 11 is 2.09. The van der Waals surface area contributed by atoms with Gasteiger partial charge in [0.15, 0.2) is 0 Å². The van der Waals surface area contributed by atoms with Crippen LogP contribution in [0.2, 0.25) is 0 Å². The Hall–Kier alpha value is 0.270. The predicted molar refractivity (Wildman–Crippen MR) is 75.7 cm³/mol. The van der Waals surface area contributed by atoms with Gasteiger partial charge in [0.2, 0.25) is 0 Å². The fourth-order valence-electron chi connectivity index (χ4n) is 2.87. The smallest absolute Gasteiger partial charge is 0.0713 e. The van der Waals surface area contributed by atoms with Crippen LogP contribution in [0.25, 0.3) is 0 Å². The van der Waals surface area contributed by atoms with Crippen LogP contribution < -0.4 is 5.32 Å². The minimum absolute atomic E-state index is 0.235. The van der Waals surface area contributed by atoms with Gasteiger partial charge in [-0.1, -0.05) is 13.8 Å². The summed E-state index contributed by atoms with van der Waals surface area (Å²) in [4.78, 5) is 0. The topological polar surface area (TPSA) is 21.3 Å². The van der Waals surface area contributed by atoms with Crippen molar-refractivity contribution in [2.75, 3.05) is 24.7 Å². The molecule has 0 bridgehead atoms. The minimum atomic E-state index is 0.235. The average Bonchev–Trinajstić information content (AvgIpc) is 2.29. The first-order chi connectivity index (χ1) is 8.20. The standard InChI is InChI=1S/C14H27NOS/c1-12(2)3-7-15-13-4-8-16-14(11-13)5-9-17-10-6-14/h12-13,15H,3-11H2,1-2H3. The van der Waals surface area contributed by atoms with Crippen molar-refractivity contribution in [2.24, 2.45) is 5.92 Å². The molecule has 0 amide bonds. The van der Waals surface area contributed by atoms with E-state index in [-0.39, 0.29) is 5.60 Å². The Kier molecular flexibility index (Phi) is 5.19. The van der Waals surface area contributed by atoms with Crippen molar-refractivity contribution >= 4 is 11.8 Å². The molecule has 1 N–H and O–H groups in total. The Labute approximate surface area is 110 Å². The summed E-state index contributed by atoms with van der Waals surface area (Å²) in [7, 11) is 0. The third kappa shape index (κ3) is 4.15. The van der Waals surface area contributed by atoms with Gasteiger partial charge in [0.25, 0.3) is 0 Å². The third-order valence-electron chi connectivity index (χ3n) is 4.05. The maximum Gasteiger partial charge on any atom is 0.0713 e. The number of hydrogen-bond donors (Lipinski definition) is 1. The van der Waals surface area contributed by atoms with Crippen LogP contribution in [0.1, 0.15) is 46.0 Å². The molecule has 100 valence electrons. The number of hydrogen-bond acceptors (Lipinski definition) is 3. The van der Waals surface area contributed by atoms with Crippen LogP contribution >= 0.6 is 11.8 Å². The van der Waals surface area contributed by atoms with Crippen LogP contribution in [-0.2, 0) is 4.74 Å². The van der Waals surface area contributed by atoms with E-state index in [1.165, 1.54) is 50.2 Å². The van der Waals surface area contributed by atoms with Gasteiger partial charge in [0.05, 0.1) is 5.60 Å². The van der Waals surface area contributed by atoms with Crippen LogP contribution in [0.4, 0.5) is 0 Å². The van der Waals surface area contributed by atoms with Crippen LogP contribution in [-0.4, -0.2) is 36.3 Å². The average molecular weight is 257 g/mol. The molecule has 1 atom stereocenters. The molecule has 2 aliphatic rings. The molecule has 17 heavy (non-hydrogen) atoms. The zero-order valence-corrected chi connectivity index (χ0v) is 12.2. The van der Waals surface area contributed by atoms with Gasteiger partial charge in [-0.3, -0.25) is 0 Å². The van der Waals surface area contributed by atoms with E-state index in [4.69, 9.17) is 4.74 Å². The SMILES string of the molecule is CC(C)CCNC1CCOC2(CCSCC2)C1. The van der Waals surface area contributed by atoms with Gasteiger partial charge in [-0.15, -0.1) is 0 Å². The Balaban J connectivity index is 1.76. The molecular formula is C14H27NOS. The quantitative estimate of drug-likeness (QED) is 0.836. The lowest BCUT2D eigenvalue weighted by Crippen LogP contribution is -2.49. The Morgan fingerprint density at radius 2 is 2.12 bits per heavy atom. The summed E-state index contributed by atoms with van der Waals surface area (Å²) in [5.41, 5.74) is 0.235. The molecule has 0 radical (unpaired) electrons. The highest BCUT2D eigenvalue weighted by atomic mass is 32.2. The molecule has 0 aromatic carbocycles. The molecular weight excluding hydrogens is 230 g/mol. The summed E-state index contributed by atoms with van der Waals surface area (Å²) in [6.45, 7) is 6.73. The first kappa shape index (κ1) is 13.7. The van der Waals surface area contributed by atoms with Crippen LogP contribution in [0.3, 0.4) is 0 Å². The monoisotopic (exact) mass is 257 g/mol. The lowest BCUT2D eigenvalue weighted by molar-refractivity contribution is -0.0931. The van der Waals surface area contributed by atoms with Gasteiger partial charge in [-0.05, 0) is 56.1 Å². The molecule has 1 unspecified atom stereocenters. The van der Waals surface area contributed by atoms with Gasteiger partial charge in [0, 0.05) is 12.6 Å². The van der Waals surface area contributed by atoms with E-state index < -0.39 is 0 Å². The molecule has 0 saturated carbocycles. The van der Waals surface area contributed by atoms with Crippen molar-refractivity contribution in [2.45, 2.75) is 57.6 Å². The van der Waals surface area contributed by atoms with E-state index in [0.29, 0.717) is 6.04 Å². The lowest BCUT2D eigenvalue weighted by Gasteiger charge is -2.43. The molecule has 0 aromatic rings. The number of thioether (sulfide) groups is 1. The van der Waals surface area contributed by atoms with Crippen molar-refractivity contribution in [3.8, 4) is 0 Å². The maximum atomic E-state index is 6.11. The van der Waals surface area contributed by atoms with Crippen LogP contribution in [0.15, 0.2) is 0 Å². The second kappa shape index (κ2) is 6.44. The highest BCUT2D eigenvalue weighted by Gasteiger charge is 2.38. The summed E-state index contributed by atoms with van der Waals surface area (Å²) in [6.07, 6.45) is 6.26. The second-order valence-corrected chi connectivity index (χ2v) is 7.19. The normalized spacial score (nSPS) is 28.8. The van der Waals surface area contributed by atoms with Crippen molar-refractivity contribution in [3.63, 3.8) is 0 Å². The molecule has 2 rings (SSSR count). The molecule has 2 fully saturated rings. The Morgan fingerprint density at radius 1 is 1.35 bits per heavy atom. The van der Waals surface area contributed by atoms with E-state index >= 15 is 0 Å². The summed E-state index contributed by atoms with van der Waals surface area (Å²) < 4.78 is 6.11. The van der Waals surface area contributed by atoms with Gasteiger partial charge in [-0.25, -0.2) is 0 Å². The molecule has 1 spiro atoms. The van der Waals surface area contributed by atoms with Gasteiger partial charge in [0.1, 0.15) is 0 Å². The first-order valence-corrected chi connectivity index (χ1v) is 8.31. The molecule has 3 heteroatoms. The summed E-state index contributed by atoms with van der Waals surface area (Å²) in [5, 5.41) is 3.74. The van der Waals surface area contributed by atoms with Crippen molar-refractivity contribution in [1.29, 1.82) is 0 Å². The highest BCUT2D eigenvalue weighted by Crippen LogP contribution is 2.37. The van der Waals surface area contributed by atoms with E-state index in [0.717, 1.165) is 12.5 Å². The zero-order chi connectivity index (χ0) is 12.1. The lowest BCUT2D eigenvalue weighted by atomic mass is 9.85. The Bertz CT molecular complexity index is 221. The van der Waals surface area contributed by atoms with Crippen molar-refractivity contribution in [3.05, 3.63) is 0 Å². The Morgan fingerprint density at radius 3 is 2.82 bits per heavy atom. The molecule has 0 aromatic heterocycles. The zero-order valence-electron chi connectivity index (χ0n) is 11.3. The van der Waals surface area contributed by atoms with Crippen LogP contribution in [0, 0.1) is 5.92 Å². The van der Waals surface area contributed by atoms with Crippen LogP contribution in [0.5, 0.6) is 0 Å². The largest absolute Gasteiger partial charge is 0.375 e.